The van der Waals surface area contributed by atoms with Crippen LogP contribution in [0.4, 0.5) is 11.4 Å². The SMILES string of the molecule is O=C(COC(=O)c1cc(-c2ccc(N3C(=O)C4C5C=CC(C6CC56)C4C3=O)cc2)nc2ccccc12)c1cccc([N+](=O)[O-])c1. The number of carbonyl (C=O) groups is 4. The second kappa shape index (κ2) is 10.0. The number of pyridine rings is 1. The van der Waals surface area contributed by atoms with Crippen LogP contribution < -0.4 is 4.90 Å². The smallest absolute Gasteiger partial charge is 0.339 e. The molecule has 0 N–H and O–H groups in total. The summed E-state index contributed by atoms with van der Waals surface area (Å²) in [7, 11) is 0. The number of benzene rings is 3. The number of para-hydroxylation sites is 1. The van der Waals surface area contributed by atoms with Gasteiger partial charge < -0.3 is 4.74 Å². The van der Waals surface area contributed by atoms with Crippen LogP contribution in [-0.4, -0.2) is 40.1 Å². The van der Waals surface area contributed by atoms with E-state index in [1.807, 2.05) is 0 Å². The first-order valence-electron chi connectivity index (χ1n) is 14.8. The number of imide groups is 1. The van der Waals surface area contributed by atoms with Crippen LogP contribution in [0.2, 0.25) is 0 Å². The molecule has 2 bridgehead atoms. The van der Waals surface area contributed by atoms with Gasteiger partial charge in [-0.1, -0.05) is 54.6 Å². The van der Waals surface area contributed by atoms with E-state index in [1.54, 1.807) is 54.6 Å². The van der Waals surface area contributed by atoms with E-state index in [-0.39, 0.29) is 52.3 Å². The van der Waals surface area contributed by atoms with E-state index in [2.05, 4.69) is 12.2 Å². The fourth-order valence-electron chi connectivity index (χ4n) is 7.57. The van der Waals surface area contributed by atoms with Gasteiger partial charge in [0.05, 0.1) is 39.2 Å². The molecule has 6 unspecified atom stereocenters. The van der Waals surface area contributed by atoms with Crippen LogP contribution in [0.3, 0.4) is 0 Å². The second-order valence-corrected chi connectivity index (χ2v) is 12.1. The Labute approximate surface area is 256 Å². The summed E-state index contributed by atoms with van der Waals surface area (Å²) < 4.78 is 5.36. The zero-order chi connectivity index (χ0) is 31.0. The fraction of sp³-hybridized carbons (Fsp3) is 0.229. The van der Waals surface area contributed by atoms with Gasteiger partial charge >= 0.3 is 5.97 Å². The molecule has 3 fully saturated rings. The van der Waals surface area contributed by atoms with Crippen molar-refractivity contribution in [3.63, 3.8) is 0 Å². The Balaban J connectivity index is 1.05. The van der Waals surface area contributed by atoms with E-state index < -0.39 is 23.3 Å². The minimum Gasteiger partial charge on any atom is -0.454 e. The number of rotatable bonds is 7. The maximum atomic E-state index is 13.5. The van der Waals surface area contributed by atoms with Gasteiger partial charge in [0.25, 0.3) is 5.69 Å². The number of allylic oxidation sites excluding steroid dienone is 2. The molecule has 5 aliphatic rings. The van der Waals surface area contributed by atoms with Gasteiger partial charge in [-0.2, -0.15) is 0 Å². The predicted octanol–water partition coefficient (Wildman–Crippen LogP) is 5.41. The third-order valence-corrected chi connectivity index (χ3v) is 9.73. The van der Waals surface area contributed by atoms with Crippen molar-refractivity contribution in [3.8, 4) is 11.3 Å². The average Bonchev–Trinajstić information content (AvgIpc) is 3.85. The molecule has 45 heavy (non-hydrogen) atoms. The van der Waals surface area contributed by atoms with Crippen LogP contribution in [-0.2, 0) is 14.3 Å². The first kappa shape index (κ1) is 27.1. The number of ketones is 1. The molecular formula is C35H25N3O7. The minimum absolute atomic E-state index is 0.0623. The van der Waals surface area contributed by atoms with E-state index in [9.17, 15) is 29.3 Å². The summed E-state index contributed by atoms with van der Waals surface area (Å²) in [6, 6.07) is 20.8. The van der Waals surface area contributed by atoms with Crippen LogP contribution >= 0.6 is 0 Å². The molecule has 222 valence electrons. The van der Waals surface area contributed by atoms with E-state index in [1.165, 1.54) is 23.1 Å². The zero-order valence-electron chi connectivity index (χ0n) is 23.7. The largest absolute Gasteiger partial charge is 0.454 e. The Morgan fingerprint density at radius 1 is 0.889 bits per heavy atom. The highest BCUT2D eigenvalue weighted by Gasteiger charge is 2.67. The number of hydrogen-bond donors (Lipinski definition) is 0. The van der Waals surface area contributed by atoms with E-state index in [0.29, 0.717) is 39.7 Å². The molecule has 9 rings (SSSR count). The van der Waals surface area contributed by atoms with Gasteiger partial charge in [-0.15, -0.1) is 0 Å². The zero-order valence-corrected chi connectivity index (χ0v) is 23.7. The van der Waals surface area contributed by atoms with Gasteiger partial charge in [-0.3, -0.25) is 29.4 Å². The summed E-state index contributed by atoms with van der Waals surface area (Å²) in [6.07, 6.45) is 5.40. The van der Waals surface area contributed by atoms with Crippen LogP contribution in [0.5, 0.6) is 0 Å². The van der Waals surface area contributed by atoms with Crippen molar-refractivity contribution < 1.29 is 28.8 Å². The molecule has 4 aromatic rings. The second-order valence-electron chi connectivity index (χ2n) is 12.1. The van der Waals surface area contributed by atoms with Gasteiger partial charge in [0, 0.05) is 28.6 Å². The molecule has 1 saturated heterocycles. The van der Waals surface area contributed by atoms with Crippen molar-refractivity contribution in [1.82, 2.24) is 4.98 Å². The maximum absolute atomic E-state index is 13.5. The first-order valence-corrected chi connectivity index (χ1v) is 14.8. The lowest BCUT2D eigenvalue weighted by molar-refractivity contribution is -0.384. The minimum atomic E-state index is -0.748. The van der Waals surface area contributed by atoms with Crippen LogP contribution in [0, 0.1) is 45.6 Å². The quantitative estimate of drug-likeness (QED) is 0.0687. The lowest BCUT2D eigenvalue weighted by Crippen LogP contribution is -2.40. The molecule has 2 saturated carbocycles. The Kier molecular flexibility index (Phi) is 6.03. The van der Waals surface area contributed by atoms with Gasteiger partial charge in [-0.25, -0.2) is 9.78 Å². The molecule has 10 nitrogen and oxygen atoms in total. The highest BCUT2D eigenvalue weighted by molar-refractivity contribution is 6.22. The van der Waals surface area contributed by atoms with Gasteiger partial charge in [0.2, 0.25) is 17.6 Å². The molecule has 2 heterocycles. The van der Waals surface area contributed by atoms with Crippen molar-refractivity contribution in [2.75, 3.05) is 11.5 Å². The fourth-order valence-corrected chi connectivity index (χ4v) is 7.57. The molecule has 3 aromatic carbocycles. The van der Waals surface area contributed by atoms with Crippen molar-refractivity contribution in [2.45, 2.75) is 6.42 Å². The number of non-ortho nitro benzene ring substituents is 1. The number of ether oxygens (including phenoxy) is 1. The summed E-state index contributed by atoms with van der Waals surface area (Å²) in [6.45, 7) is -0.598. The molecule has 0 radical (unpaired) electrons. The topological polar surface area (TPSA) is 137 Å². The molecular weight excluding hydrogens is 574 g/mol. The lowest BCUT2D eigenvalue weighted by atomic mass is 9.63. The maximum Gasteiger partial charge on any atom is 0.339 e. The molecule has 0 spiro atoms. The van der Waals surface area contributed by atoms with Crippen molar-refractivity contribution in [2.24, 2.45) is 35.5 Å². The highest BCUT2D eigenvalue weighted by Crippen LogP contribution is 2.65. The van der Waals surface area contributed by atoms with Gasteiger partial charge in [0.15, 0.2) is 6.61 Å². The predicted molar refractivity (Wildman–Crippen MR) is 162 cm³/mol. The van der Waals surface area contributed by atoms with E-state index in [4.69, 9.17) is 9.72 Å². The Morgan fingerprint density at radius 2 is 1.58 bits per heavy atom. The summed E-state index contributed by atoms with van der Waals surface area (Å²) in [5, 5.41) is 11.6. The molecule has 10 heteroatoms. The first-order chi connectivity index (χ1) is 21.8. The Morgan fingerprint density at radius 3 is 2.27 bits per heavy atom. The number of aromatic nitrogens is 1. The summed E-state index contributed by atoms with van der Waals surface area (Å²) in [4.78, 5) is 69.5. The molecule has 1 aliphatic heterocycles. The number of fused-ring (bicyclic) bond motifs is 1. The normalized spacial score (nSPS) is 25.6. The lowest BCUT2D eigenvalue weighted by Gasteiger charge is -2.37. The average molecular weight is 600 g/mol. The summed E-state index contributed by atoms with van der Waals surface area (Å²) in [5.74, 6) is -0.802. The number of esters is 1. The number of nitrogens with zero attached hydrogens (tertiary/aromatic N) is 3. The number of nitro benzene ring substituents is 1. The number of amides is 2. The Bertz CT molecular complexity index is 1970. The summed E-state index contributed by atoms with van der Waals surface area (Å²) >= 11 is 0. The van der Waals surface area contributed by atoms with Crippen molar-refractivity contribution in [1.29, 1.82) is 0 Å². The van der Waals surface area contributed by atoms with Crippen LogP contribution in [0.25, 0.3) is 22.2 Å². The molecule has 1 aromatic heterocycles. The number of anilines is 1. The number of carbonyl (C=O) groups excluding carboxylic acids is 4. The van der Waals surface area contributed by atoms with Crippen LogP contribution in [0.15, 0.2) is 91.0 Å². The number of Topliss-reactive ketones (excluding diaryl/α,β-unsaturated/α-hetero) is 1. The Hall–Kier alpha value is -5.51. The van der Waals surface area contributed by atoms with E-state index >= 15 is 0 Å². The van der Waals surface area contributed by atoms with Crippen molar-refractivity contribution >= 4 is 45.8 Å². The molecule has 4 aliphatic carbocycles. The van der Waals surface area contributed by atoms with Crippen LogP contribution in [0.1, 0.15) is 27.1 Å². The molecule has 2 amide bonds. The highest BCUT2D eigenvalue weighted by atomic mass is 16.6. The van der Waals surface area contributed by atoms with Gasteiger partial charge in [0.1, 0.15) is 0 Å². The summed E-state index contributed by atoms with van der Waals surface area (Å²) in [5.41, 5.74) is 2.19. The van der Waals surface area contributed by atoms with E-state index in [0.717, 1.165) is 12.5 Å². The third-order valence-electron chi connectivity index (χ3n) is 9.73. The third kappa shape index (κ3) is 4.28. The standard InChI is InChI=1S/C35H25N3O7/c39-30(19-4-3-5-21(14-19)38(43)44)17-45-35(42)27-16-29(36-28-7-2-1-6-22(27)28)18-8-10-20(11-9-18)37-33(40)31-23-12-13-24(26-15-25(23)26)32(31)34(37)41/h1-14,16,23-26,31-32H,15,17H2. The van der Waals surface area contributed by atoms with Crippen molar-refractivity contribution in [3.05, 3.63) is 112 Å². The number of hydrogen-bond acceptors (Lipinski definition) is 8. The number of nitro groups is 1. The van der Waals surface area contributed by atoms with Gasteiger partial charge in [-0.05, 0) is 54.4 Å². The molecule has 6 atom stereocenters. The monoisotopic (exact) mass is 599 g/mol.